The first-order valence-electron chi connectivity index (χ1n) is 9.77. The van der Waals surface area contributed by atoms with Crippen molar-refractivity contribution in [1.82, 2.24) is 20.4 Å². The lowest BCUT2D eigenvalue weighted by molar-refractivity contribution is 0.0512. The Labute approximate surface area is 185 Å². The summed E-state index contributed by atoms with van der Waals surface area (Å²) in [5, 5.41) is 11.2. The molecule has 0 unspecified atom stereocenters. The van der Waals surface area contributed by atoms with Gasteiger partial charge in [-0.2, -0.15) is 5.10 Å². The Morgan fingerprint density at radius 1 is 1.21 bits per heavy atom. The molecule has 0 saturated carbocycles. The standard InChI is InChI=1S/C21H31N5O.HI/c1-4-22-20(23-15-18-9-12-25-26(18)3)24-16-21(10-13-27-14-11-21)19-8-6-5-7-17(19)2;/h5-9,12H,4,10-11,13-16H2,1-3H3,(H2,22,23,24);1H. The van der Waals surface area contributed by atoms with Crippen molar-refractivity contribution in [3.05, 3.63) is 53.3 Å². The molecule has 0 bridgehead atoms. The van der Waals surface area contributed by atoms with Crippen LogP contribution < -0.4 is 10.6 Å². The van der Waals surface area contributed by atoms with Gasteiger partial charge in [0.05, 0.1) is 12.2 Å². The van der Waals surface area contributed by atoms with E-state index >= 15 is 0 Å². The van der Waals surface area contributed by atoms with Gasteiger partial charge in [-0.05, 0) is 43.9 Å². The van der Waals surface area contributed by atoms with Crippen LogP contribution in [0.15, 0.2) is 41.5 Å². The fourth-order valence-corrected chi connectivity index (χ4v) is 3.78. The number of benzene rings is 1. The number of aliphatic imine (C=N–C) groups is 1. The van der Waals surface area contributed by atoms with Crippen molar-refractivity contribution < 1.29 is 4.74 Å². The quantitative estimate of drug-likeness (QED) is 0.366. The van der Waals surface area contributed by atoms with Gasteiger partial charge in [0.1, 0.15) is 0 Å². The van der Waals surface area contributed by atoms with Crippen molar-refractivity contribution in [1.29, 1.82) is 0 Å². The number of rotatable bonds is 6. The van der Waals surface area contributed by atoms with Crippen LogP contribution in [0.4, 0.5) is 0 Å². The third-order valence-corrected chi connectivity index (χ3v) is 5.43. The van der Waals surface area contributed by atoms with E-state index in [0.717, 1.165) is 50.8 Å². The second kappa shape index (κ2) is 10.8. The van der Waals surface area contributed by atoms with Crippen LogP contribution >= 0.6 is 24.0 Å². The fraction of sp³-hybridized carbons (Fsp3) is 0.524. The Hall–Kier alpha value is -1.61. The highest BCUT2D eigenvalue weighted by atomic mass is 127. The van der Waals surface area contributed by atoms with Crippen LogP contribution in [0.25, 0.3) is 0 Å². The van der Waals surface area contributed by atoms with E-state index in [4.69, 9.17) is 9.73 Å². The number of guanidine groups is 1. The number of aromatic nitrogens is 2. The van der Waals surface area contributed by atoms with E-state index in [2.05, 4.69) is 53.8 Å². The molecule has 0 aliphatic carbocycles. The molecule has 1 aromatic carbocycles. The van der Waals surface area contributed by atoms with Crippen LogP contribution in [0.5, 0.6) is 0 Å². The van der Waals surface area contributed by atoms with E-state index in [1.807, 2.05) is 17.8 Å². The Balaban J connectivity index is 0.00000280. The van der Waals surface area contributed by atoms with Gasteiger partial charge in [0, 0.05) is 45.0 Å². The van der Waals surface area contributed by atoms with Crippen LogP contribution in [0, 0.1) is 6.92 Å². The molecule has 0 amide bonds. The predicted molar refractivity (Wildman–Crippen MR) is 124 cm³/mol. The van der Waals surface area contributed by atoms with E-state index < -0.39 is 0 Å². The number of hydrogen-bond acceptors (Lipinski definition) is 3. The molecular formula is C21H32IN5O. The summed E-state index contributed by atoms with van der Waals surface area (Å²) < 4.78 is 7.53. The van der Waals surface area contributed by atoms with E-state index in [1.54, 1.807) is 6.20 Å². The molecule has 7 heteroatoms. The monoisotopic (exact) mass is 497 g/mol. The van der Waals surface area contributed by atoms with Crippen LogP contribution in [-0.4, -0.2) is 42.0 Å². The van der Waals surface area contributed by atoms with Crippen molar-refractivity contribution in [2.75, 3.05) is 26.3 Å². The Bertz CT molecular complexity index is 768. The molecule has 1 fully saturated rings. The largest absolute Gasteiger partial charge is 0.381 e. The Morgan fingerprint density at radius 3 is 2.61 bits per heavy atom. The second-order valence-corrected chi connectivity index (χ2v) is 7.20. The highest BCUT2D eigenvalue weighted by Gasteiger charge is 2.35. The van der Waals surface area contributed by atoms with Crippen LogP contribution in [0.1, 0.15) is 36.6 Å². The summed E-state index contributed by atoms with van der Waals surface area (Å²) in [7, 11) is 1.94. The lowest BCUT2D eigenvalue weighted by atomic mass is 9.72. The highest BCUT2D eigenvalue weighted by molar-refractivity contribution is 14.0. The summed E-state index contributed by atoms with van der Waals surface area (Å²) in [5.41, 5.74) is 3.93. The first-order chi connectivity index (χ1) is 13.1. The lowest BCUT2D eigenvalue weighted by Gasteiger charge is -2.39. The topological polar surface area (TPSA) is 63.5 Å². The molecule has 0 spiro atoms. The molecule has 0 radical (unpaired) electrons. The minimum atomic E-state index is 0. The lowest BCUT2D eigenvalue weighted by Crippen LogP contribution is -2.48. The number of aryl methyl sites for hydroxylation is 2. The van der Waals surface area contributed by atoms with Crippen LogP contribution in [0.2, 0.25) is 0 Å². The van der Waals surface area contributed by atoms with Crippen molar-refractivity contribution in [3.8, 4) is 0 Å². The fourth-order valence-electron chi connectivity index (χ4n) is 3.78. The van der Waals surface area contributed by atoms with E-state index in [9.17, 15) is 0 Å². The SMILES string of the molecule is CCNC(=NCc1ccnn1C)NCC1(c2ccccc2C)CCOCC1.I. The molecule has 1 aromatic heterocycles. The van der Waals surface area contributed by atoms with Gasteiger partial charge in [-0.15, -0.1) is 24.0 Å². The van der Waals surface area contributed by atoms with Gasteiger partial charge < -0.3 is 15.4 Å². The molecule has 3 rings (SSSR count). The number of ether oxygens (including phenoxy) is 1. The van der Waals surface area contributed by atoms with Gasteiger partial charge in [-0.1, -0.05) is 24.3 Å². The molecule has 1 aliphatic rings. The van der Waals surface area contributed by atoms with E-state index in [-0.39, 0.29) is 29.4 Å². The summed E-state index contributed by atoms with van der Waals surface area (Å²) >= 11 is 0. The molecule has 1 saturated heterocycles. The van der Waals surface area contributed by atoms with Crippen LogP contribution in [0.3, 0.4) is 0 Å². The zero-order valence-electron chi connectivity index (χ0n) is 17.1. The van der Waals surface area contributed by atoms with E-state index in [0.29, 0.717) is 6.54 Å². The van der Waals surface area contributed by atoms with Crippen molar-refractivity contribution >= 4 is 29.9 Å². The molecule has 2 N–H and O–H groups in total. The number of halogens is 1. The maximum absolute atomic E-state index is 5.67. The molecular weight excluding hydrogens is 465 g/mol. The molecule has 0 atom stereocenters. The normalized spacial score (nSPS) is 16.3. The average molecular weight is 497 g/mol. The smallest absolute Gasteiger partial charge is 0.191 e. The van der Waals surface area contributed by atoms with Crippen molar-refractivity contribution in [3.63, 3.8) is 0 Å². The Morgan fingerprint density at radius 2 is 1.96 bits per heavy atom. The number of hydrogen-bond donors (Lipinski definition) is 2. The van der Waals surface area contributed by atoms with Crippen molar-refractivity contribution in [2.45, 2.75) is 38.6 Å². The van der Waals surface area contributed by atoms with Gasteiger partial charge >= 0.3 is 0 Å². The van der Waals surface area contributed by atoms with Crippen LogP contribution in [-0.2, 0) is 23.7 Å². The highest BCUT2D eigenvalue weighted by Crippen LogP contribution is 2.36. The molecule has 2 heterocycles. The first-order valence-corrected chi connectivity index (χ1v) is 9.77. The summed E-state index contributed by atoms with van der Waals surface area (Å²) in [6.45, 7) is 8.18. The van der Waals surface area contributed by atoms with Gasteiger partial charge in [0.25, 0.3) is 0 Å². The summed E-state index contributed by atoms with van der Waals surface area (Å²) in [6, 6.07) is 10.7. The Kier molecular flexibility index (Phi) is 8.75. The minimum absolute atomic E-state index is 0. The summed E-state index contributed by atoms with van der Waals surface area (Å²) in [6.07, 6.45) is 3.85. The minimum Gasteiger partial charge on any atom is -0.381 e. The molecule has 28 heavy (non-hydrogen) atoms. The van der Waals surface area contributed by atoms with E-state index in [1.165, 1.54) is 11.1 Å². The first kappa shape index (κ1) is 22.7. The van der Waals surface area contributed by atoms with Crippen molar-refractivity contribution in [2.24, 2.45) is 12.0 Å². The van der Waals surface area contributed by atoms with Gasteiger partial charge in [-0.3, -0.25) is 4.68 Å². The molecule has 2 aromatic rings. The maximum atomic E-state index is 5.67. The van der Waals surface area contributed by atoms with Gasteiger partial charge in [0.15, 0.2) is 5.96 Å². The zero-order chi connectivity index (χ0) is 19.1. The number of nitrogens with one attached hydrogen (secondary N) is 2. The summed E-state index contributed by atoms with van der Waals surface area (Å²) in [4.78, 5) is 4.75. The molecule has 154 valence electrons. The van der Waals surface area contributed by atoms with Gasteiger partial charge in [-0.25, -0.2) is 4.99 Å². The third-order valence-electron chi connectivity index (χ3n) is 5.43. The maximum Gasteiger partial charge on any atom is 0.191 e. The number of nitrogens with zero attached hydrogens (tertiary/aromatic N) is 3. The molecule has 6 nitrogen and oxygen atoms in total. The molecule has 1 aliphatic heterocycles. The second-order valence-electron chi connectivity index (χ2n) is 7.20. The zero-order valence-corrected chi connectivity index (χ0v) is 19.4. The average Bonchev–Trinajstić information content (AvgIpc) is 3.10. The third kappa shape index (κ3) is 5.47. The van der Waals surface area contributed by atoms with Gasteiger partial charge in [0.2, 0.25) is 0 Å². The summed E-state index contributed by atoms with van der Waals surface area (Å²) in [5.74, 6) is 0.846. The predicted octanol–water partition coefficient (Wildman–Crippen LogP) is 3.15.